The molecule has 28 heavy (non-hydrogen) atoms. The van der Waals surface area contributed by atoms with Crippen molar-refractivity contribution >= 4 is 21.6 Å². The van der Waals surface area contributed by atoms with E-state index in [0.29, 0.717) is 12.6 Å². The minimum atomic E-state index is -3.35. The molecular weight excluding hydrogens is 396 g/mol. The molecule has 0 amide bonds. The molecule has 4 heterocycles. The first kappa shape index (κ1) is 20.7. The van der Waals surface area contributed by atoms with Crippen LogP contribution >= 0.6 is 11.8 Å². The minimum absolute atomic E-state index is 0.0937. The van der Waals surface area contributed by atoms with E-state index in [1.165, 1.54) is 43.7 Å². The monoisotopic (exact) mass is 428 g/mol. The van der Waals surface area contributed by atoms with Crippen molar-refractivity contribution in [3.05, 3.63) is 11.9 Å². The molecule has 0 saturated carbocycles. The van der Waals surface area contributed by atoms with Crippen LogP contribution in [-0.2, 0) is 27.7 Å². The molecule has 0 bridgehead atoms. The highest BCUT2D eigenvalue weighted by molar-refractivity contribution is 7.99. The smallest absolute Gasteiger partial charge is 0.227 e. The lowest BCUT2D eigenvalue weighted by molar-refractivity contribution is 0.0906. The third-order valence-corrected chi connectivity index (χ3v) is 8.08. The van der Waals surface area contributed by atoms with Gasteiger partial charge in [0.05, 0.1) is 24.5 Å². The Morgan fingerprint density at radius 2 is 1.93 bits per heavy atom. The van der Waals surface area contributed by atoms with Crippen molar-refractivity contribution in [3.63, 3.8) is 0 Å². The van der Waals surface area contributed by atoms with Gasteiger partial charge in [0.2, 0.25) is 15.0 Å². The van der Waals surface area contributed by atoms with Crippen LogP contribution in [0.15, 0.2) is 11.4 Å². The predicted molar refractivity (Wildman–Crippen MR) is 112 cm³/mol. The van der Waals surface area contributed by atoms with E-state index >= 15 is 0 Å². The zero-order valence-corrected chi connectivity index (χ0v) is 18.4. The molecule has 1 aromatic rings. The van der Waals surface area contributed by atoms with Gasteiger partial charge in [0, 0.05) is 63.1 Å². The number of ether oxygens (including phenoxy) is 1. The predicted octanol–water partition coefficient (Wildman–Crippen LogP) is 1.48. The number of likely N-dealkylation sites (tertiary alicyclic amines) is 1. The van der Waals surface area contributed by atoms with Gasteiger partial charge in [-0.3, -0.25) is 9.80 Å². The summed E-state index contributed by atoms with van der Waals surface area (Å²) >= 11 is 2.06. The van der Waals surface area contributed by atoms with Crippen LogP contribution in [0.2, 0.25) is 0 Å². The second-order valence-electron chi connectivity index (χ2n) is 8.21. The van der Waals surface area contributed by atoms with Crippen LogP contribution in [-0.4, -0.2) is 90.5 Å². The molecule has 9 heteroatoms. The summed E-state index contributed by atoms with van der Waals surface area (Å²) in [5.74, 6) is 2.52. The molecule has 0 aliphatic carbocycles. The third kappa shape index (κ3) is 4.92. The first-order valence-electron chi connectivity index (χ1n) is 10.4. The van der Waals surface area contributed by atoms with E-state index in [1.54, 1.807) is 6.20 Å². The lowest BCUT2D eigenvalue weighted by atomic mass is 10.0. The maximum atomic E-state index is 12.2. The maximum absolute atomic E-state index is 12.2. The van der Waals surface area contributed by atoms with Crippen LogP contribution in [0, 0.1) is 0 Å². The number of hydrogen-bond acceptors (Lipinski definition) is 7. The zero-order valence-electron chi connectivity index (χ0n) is 16.8. The second kappa shape index (κ2) is 9.04. The van der Waals surface area contributed by atoms with Crippen molar-refractivity contribution < 1.29 is 13.2 Å². The summed E-state index contributed by atoms with van der Waals surface area (Å²) in [6.07, 6.45) is 7.52. The van der Waals surface area contributed by atoms with E-state index < -0.39 is 9.84 Å². The second-order valence-corrected chi connectivity index (χ2v) is 11.3. The van der Waals surface area contributed by atoms with Gasteiger partial charge < -0.3 is 9.30 Å². The SMILES string of the molecule is CS(=O)(=O)c1ncc(CN2CCC(N3CCSCC3)CC2)n1C[C@H]1CCCO1. The maximum Gasteiger partial charge on any atom is 0.227 e. The summed E-state index contributed by atoms with van der Waals surface area (Å²) < 4.78 is 32.1. The number of aromatic nitrogens is 2. The van der Waals surface area contributed by atoms with Crippen molar-refractivity contribution in [3.8, 4) is 0 Å². The van der Waals surface area contributed by atoms with Gasteiger partial charge in [-0.05, 0) is 25.7 Å². The van der Waals surface area contributed by atoms with Crippen molar-refractivity contribution in [1.29, 1.82) is 0 Å². The molecular formula is C19H32N4O3S2. The van der Waals surface area contributed by atoms with Crippen LogP contribution in [0.3, 0.4) is 0 Å². The molecule has 158 valence electrons. The van der Waals surface area contributed by atoms with Crippen molar-refractivity contribution in [1.82, 2.24) is 19.4 Å². The molecule has 1 atom stereocenters. The van der Waals surface area contributed by atoms with Gasteiger partial charge in [0.1, 0.15) is 0 Å². The van der Waals surface area contributed by atoms with Gasteiger partial charge >= 0.3 is 0 Å². The summed E-state index contributed by atoms with van der Waals surface area (Å²) in [4.78, 5) is 9.38. The van der Waals surface area contributed by atoms with Gasteiger partial charge in [0.15, 0.2) is 0 Å². The number of sulfone groups is 1. The Kier molecular flexibility index (Phi) is 6.67. The Morgan fingerprint density at radius 1 is 1.18 bits per heavy atom. The molecule has 0 spiro atoms. The molecule has 0 unspecified atom stereocenters. The molecule has 0 aromatic carbocycles. The summed E-state index contributed by atoms with van der Waals surface area (Å²) in [6.45, 7) is 6.69. The van der Waals surface area contributed by atoms with Crippen molar-refractivity contribution in [2.45, 2.75) is 56.1 Å². The number of hydrogen-bond donors (Lipinski definition) is 0. The lowest BCUT2D eigenvalue weighted by Crippen LogP contribution is -2.47. The van der Waals surface area contributed by atoms with E-state index in [0.717, 1.165) is 44.8 Å². The Hall–Kier alpha value is -0.610. The number of thioether (sulfide) groups is 1. The van der Waals surface area contributed by atoms with Gasteiger partial charge in [0.25, 0.3) is 0 Å². The average Bonchev–Trinajstić information content (AvgIpc) is 3.34. The summed E-state index contributed by atoms with van der Waals surface area (Å²) in [5.41, 5.74) is 0.990. The average molecular weight is 429 g/mol. The van der Waals surface area contributed by atoms with Gasteiger partial charge in [-0.15, -0.1) is 0 Å². The molecule has 7 nitrogen and oxygen atoms in total. The van der Waals surface area contributed by atoms with Crippen LogP contribution in [0.4, 0.5) is 0 Å². The Bertz CT molecular complexity index is 747. The summed E-state index contributed by atoms with van der Waals surface area (Å²) in [5, 5.41) is 0.179. The number of rotatable bonds is 6. The fourth-order valence-electron chi connectivity index (χ4n) is 4.62. The molecule has 4 rings (SSSR count). The number of piperidine rings is 1. The fourth-order valence-corrected chi connectivity index (χ4v) is 6.38. The van der Waals surface area contributed by atoms with Gasteiger partial charge in [-0.2, -0.15) is 11.8 Å². The highest BCUT2D eigenvalue weighted by Crippen LogP contribution is 2.23. The van der Waals surface area contributed by atoms with E-state index in [-0.39, 0.29) is 11.3 Å². The number of nitrogens with zero attached hydrogens (tertiary/aromatic N) is 4. The highest BCUT2D eigenvalue weighted by Gasteiger charge is 2.28. The fraction of sp³-hybridized carbons (Fsp3) is 0.842. The highest BCUT2D eigenvalue weighted by atomic mass is 32.2. The van der Waals surface area contributed by atoms with E-state index in [1.807, 2.05) is 4.57 Å². The molecule has 3 aliphatic rings. The molecule has 0 radical (unpaired) electrons. The first-order chi connectivity index (χ1) is 13.5. The lowest BCUT2D eigenvalue weighted by Gasteiger charge is -2.40. The van der Waals surface area contributed by atoms with Crippen molar-refractivity contribution in [2.75, 3.05) is 50.5 Å². The largest absolute Gasteiger partial charge is 0.376 e. The third-order valence-electron chi connectivity index (χ3n) is 6.15. The standard InChI is InChI=1S/C19H32N4O3S2/c1-28(24,25)19-20-13-17(23(19)15-18-3-2-10-26-18)14-21-6-4-16(5-7-21)22-8-11-27-12-9-22/h13,16,18H,2-12,14-15H2,1H3/t18-/m1/s1. The normalized spacial score (nSPS) is 26.1. The Labute approximate surface area is 172 Å². The summed E-state index contributed by atoms with van der Waals surface area (Å²) in [6, 6.07) is 0.709. The quantitative estimate of drug-likeness (QED) is 0.680. The van der Waals surface area contributed by atoms with E-state index in [4.69, 9.17) is 4.74 Å². The van der Waals surface area contributed by atoms with Crippen LogP contribution in [0.25, 0.3) is 0 Å². The van der Waals surface area contributed by atoms with Gasteiger partial charge in [-0.25, -0.2) is 13.4 Å². The minimum Gasteiger partial charge on any atom is -0.376 e. The number of imidazole rings is 1. The topological polar surface area (TPSA) is 67.7 Å². The van der Waals surface area contributed by atoms with Crippen LogP contribution in [0.1, 0.15) is 31.4 Å². The van der Waals surface area contributed by atoms with E-state index in [2.05, 4.69) is 26.5 Å². The Morgan fingerprint density at radius 3 is 2.57 bits per heavy atom. The molecule has 3 aliphatic heterocycles. The van der Waals surface area contributed by atoms with Crippen LogP contribution < -0.4 is 0 Å². The van der Waals surface area contributed by atoms with E-state index in [9.17, 15) is 8.42 Å². The summed E-state index contributed by atoms with van der Waals surface area (Å²) in [7, 11) is -3.35. The zero-order chi connectivity index (χ0) is 19.6. The Balaban J connectivity index is 1.41. The molecule has 3 saturated heterocycles. The van der Waals surface area contributed by atoms with Crippen LogP contribution in [0.5, 0.6) is 0 Å². The van der Waals surface area contributed by atoms with Crippen molar-refractivity contribution in [2.24, 2.45) is 0 Å². The molecule has 0 N–H and O–H groups in total. The first-order valence-corrected chi connectivity index (χ1v) is 13.5. The van der Waals surface area contributed by atoms with Gasteiger partial charge in [-0.1, -0.05) is 0 Å². The molecule has 1 aromatic heterocycles. The molecule has 3 fully saturated rings.